The Hall–Kier alpha value is -1.81. The molecule has 1 aromatic rings. The molecule has 0 aliphatic heterocycles. The highest BCUT2D eigenvalue weighted by atomic mass is 35.5. The molecular weight excluding hydrogens is 314 g/mol. The van der Waals surface area contributed by atoms with E-state index in [1.165, 1.54) is 0 Å². The molecule has 0 saturated heterocycles. The van der Waals surface area contributed by atoms with Crippen molar-refractivity contribution in [2.75, 3.05) is 0 Å². The first-order valence-corrected chi connectivity index (χ1v) is 7.99. The zero-order valence-electron chi connectivity index (χ0n) is 14.0. The van der Waals surface area contributed by atoms with Gasteiger partial charge in [-0.1, -0.05) is 37.1 Å². The molecule has 0 bridgehead atoms. The van der Waals surface area contributed by atoms with Crippen LogP contribution in [0, 0.1) is 5.92 Å². The van der Waals surface area contributed by atoms with Gasteiger partial charge in [0.05, 0.1) is 0 Å². The second-order valence-corrected chi connectivity index (χ2v) is 6.87. The zero-order chi connectivity index (χ0) is 17.6. The van der Waals surface area contributed by atoms with Gasteiger partial charge < -0.3 is 10.4 Å². The molecule has 0 fully saturated rings. The fourth-order valence-electron chi connectivity index (χ4n) is 2.38. The number of hydrogen-bond acceptors (Lipinski definition) is 2. The Kier molecular flexibility index (Phi) is 6.82. The van der Waals surface area contributed by atoms with E-state index in [4.69, 9.17) is 11.6 Å². The zero-order valence-corrected chi connectivity index (χ0v) is 14.8. The van der Waals surface area contributed by atoms with Gasteiger partial charge in [-0.15, -0.1) is 0 Å². The van der Waals surface area contributed by atoms with Crippen LogP contribution in [0.25, 0.3) is 0 Å². The molecule has 0 heterocycles. The Labute approximate surface area is 142 Å². The molecule has 0 spiro atoms. The van der Waals surface area contributed by atoms with Crippen molar-refractivity contribution < 1.29 is 14.7 Å². The average molecular weight is 338 g/mol. The number of carboxylic acids is 1. The Morgan fingerprint density at radius 1 is 1.26 bits per heavy atom. The molecule has 5 heteroatoms. The average Bonchev–Trinajstić information content (AvgIpc) is 2.44. The summed E-state index contributed by atoms with van der Waals surface area (Å²) >= 11 is 5.82. The summed E-state index contributed by atoms with van der Waals surface area (Å²) in [5.41, 5.74) is 0.0865. The van der Waals surface area contributed by atoms with Gasteiger partial charge in [0.15, 0.2) is 0 Å². The number of aliphatic carboxylic acids is 1. The number of rotatable bonds is 7. The second-order valence-electron chi connectivity index (χ2n) is 6.43. The summed E-state index contributed by atoms with van der Waals surface area (Å²) in [7, 11) is 0. The van der Waals surface area contributed by atoms with E-state index in [9.17, 15) is 14.7 Å². The van der Waals surface area contributed by atoms with Crippen molar-refractivity contribution >= 4 is 23.5 Å². The molecule has 1 unspecified atom stereocenters. The SMILES string of the molecule is CC(C)=CCC(CC(C)C)(NC(=O)c1ccc(Cl)cc1)C(=O)O. The van der Waals surface area contributed by atoms with Crippen LogP contribution in [0.2, 0.25) is 5.02 Å². The van der Waals surface area contributed by atoms with Crippen LogP contribution < -0.4 is 5.32 Å². The second kappa shape index (κ2) is 8.16. The molecule has 4 nitrogen and oxygen atoms in total. The summed E-state index contributed by atoms with van der Waals surface area (Å²) in [5, 5.41) is 13.0. The number of benzene rings is 1. The third kappa shape index (κ3) is 5.71. The monoisotopic (exact) mass is 337 g/mol. The molecule has 1 aromatic carbocycles. The highest BCUT2D eigenvalue weighted by molar-refractivity contribution is 6.30. The molecular formula is C18H24ClNO3. The summed E-state index contributed by atoms with van der Waals surface area (Å²) in [4.78, 5) is 24.4. The van der Waals surface area contributed by atoms with Gasteiger partial charge in [0, 0.05) is 10.6 Å². The van der Waals surface area contributed by atoms with Crippen LogP contribution in [0.3, 0.4) is 0 Å². The summed E-state index contributed by atoms with van der Waals surface area (Å²) in [6, 6.07) is 6.38. The van der Waals surface area contributed by atoms with Crippen molar-refractivity contribution in [3.8, 4) is 0 Å². The molecule has 1 amide bonds. The van der Waals surface area contributed by atoms with Crippen LogP contribution in [-0.4, -0.2) is 22.5 Å². The van der Waals surface area contributed by atoms with Crippen LogP contribution >= 0.6 is 11.6 Å². The predicted molar refractivity (Wildman–Crippen MR) is 92.8 cm³/mol. The Bertz CT molecular complexity index is 589. The van der Waals surface area contributed by atoms with Gasteiger partial charge in [-0.3, -0.25) is 4.79 Å². The summed E-state index contributed by atoms with van der Waals surface area (Å²) in [6.45, 7) is 7.69. The van der Waals surface area contributed by atoms with Crippen molar-refractivity contribution in [1.82, 2.24) is 5.32 Å². The Morgan fingerprint density at radius 2 is 1.83 bits per heavy atom. The summed E-state index contributed by atoms with van der Waals surface area (Å²) < 4.78 is 0. The molecule has 126 valence electrons. The Morgan fingerprint density at radius 3 is 2.26 bits per heavy atom. The predicted octanol–water partition coefficient (Wildman–Crippen LogP) is 4.30. The number of carboxylic acid groups (broad SMARTS) is 1. The first kappa shape index (κ1) is 19.2. The van der Waals surface area contributed by atoms with Crippen LogP contribution in [0.15, 0.2) is 35.9 Å². The van der Waals surface area contributed by atoms with Gasteiger partial charge in [-0.05, 0) is 56.9 Å². The molecule has 0 saturated carbocycles. The first-order chi connectivity index (χ1) is 10.7. The van der Waals surface area contributed by atoms with Crippen LogP contribution in [0.5, 0.6) is 0 Å². The van der Waals surface area contributed by atoms with E-state index >= 15 is 0 Å². The van der Waals surface area contributed by atoms with E-state index in [2.05, 4.69) is 5.32 Å². The Balaban J connectivity index is 3.11. The summed E-state index contributed by atoms with van der Waals surface area (Å²) in [5.74, 6) is -1.31. The number of carbonyl (C=O) groups is 2. The highest BCUT2D eigenvalue weighted by Gasteiger charge is 2.39. The topological polar surface area (TPSA) is 66.4 Å². The van der Waals surface area contributed by atoms with Gasteiger partial charge in [-0.2, -0.15) is 0 Å². The lowest BCUT2D eigenvalue weighted by Crippen LogP contribution is -2.55. The fraction of sp³-hybridized carbons (Fsp3) is 0.444. The molecule has 2 N–H and O–H groups in total. The van der Waals surface area contributed by atoms with Gasteiger partial charge in [-0.25, -0.2) is 4.79 Å². The smallest absolute Gasteiger partial charge is 0.329 e. The van der Waals surface area contributed by atoms with E-state index in [0.29, 0.717) is 17.0 Å². The molecule has 0 radical (unpaired) electrons. The van der Waals surface area contributed by atoms with E-state index in [-0.39, 0.29) is 12.3 Å². The van der Waals surface area contributed by atoms with Crippen LogP contribution in [0.1, 0.15) is 50.9 Å². The van der Waals surface area contributed by atoms with E-state index in [1.54, 1.807) is 24.3 Å². The first-order valence-electron chi connectivity index (χ1n) is 7.61. The fourth-order valence-corrected chi connectivity index (χ4v) is 2.51. The number of halogens is 1. The van der Waals surface area contributed by atoms with Crippen LogP contribution in [-0.2, 0) is 4.79 Å². The van der Waals surface area contributed by atoms with E-state index < -0.39 is 17.4 Å². The van der Waals surface area contributed by atoms with Gasteiger partial charge in [0.25, 0.3) is 5.91 Å². The summed E-state index contributed by atoms with van der Waals surface area (Å²) in [6.07, 6.45) is 2.45. The lowest BCUT2D eigenvalue weighted by Gasteiger charge is -2.31. The number of amides is 1. The van der Waals surface area contributed by atoms with Crippen molar-refractivity contribution in [3.63, 3.8) is 0 Å². The maximum atomic E-state index is 12.5. The quantitative estimate of drug-likeness (QED) is 0.729. The molecule has 0 aliphatic rings. The molecule has 23 heavy (non-hydrogen) atoms. The van der Waals surface area contributed by atoms with Crippen LogP contribution in [0.4, 0.5) is 0 Å². The van der Waals surface area contributed by atoms with Crippen molar-refractivity contribution in [2.24, 2.45) is 5.92 Å². The normalized spacial score (nSPS) is 13.3. The van der Waals surface area contributed by atoms with E-state index in [1.807, 2.05) is 33.8 Å². The number of allylic oxidation sites excluding steroid dienone is 1. The van der Waals surface area contributed by atoms with Gasteiger partial charge in [0.1, 0.15) is 5.54 Å². The minimum atomic E-state index is -1.32. The molecule has 1 rings (SSSR count). The minimum Gasteiger partial charge on any atom is -0.479 e. The standard InChI is InChI=1S/C18H24ClNO3/c1-12(2)9-10-18(17(22)23,11-13(3)4)20-16(21)14-5-7-15(19)8-6-14/h5-9,13H,10-11H2,1-4H3,(H,20,21)(H,22,23). The molecule has 1 atom stereocenters. The highest BCUT2D eigenvalue weighted by Crippen LogP contribution is 2.24. The third-order valence-corrected chi connectivity index (χ3v) is 3.74. The van der Waals surface area contributed by atoms with Crippen molar-refractivity contribution in [2.45, 2.75) is 46.1 Å². The minimum absolute atomic E-state index is 0.127. The lowest BCUT2D eigenvalue weighted by atomic mass is 9.84. The van der Waals surface area contributed by atoms with Gasteiger partial charge in [0.2, 0.25) is 0 Å². The largest absolute Gasteiger partial charge is 0.479 e. The number of hydrogen-bond donors (Lipinski definition) is 2. The van der Waals surface area contributed by atoms with Crippen molar-refractivity contribution in [1.29, 1.82) is 0 Å². The molecule has 0 aromatic heterocycles. The maximum Gasteiger partial charge on any atom is 0.329 e. The van der Waals surface area contributed by atoms with E-state index in [0.717, 1.165) is 5.57 Å². The number of nitrogens with one attached hydrogen (secondary N) is 1. The van der Waals surface area contributed by atoms with Crippen molar-refractivity contribution in [3.05, 3.63) is 46.5 Å². The third-order valence-electron chi connectivity index (χ3n) is 3.48. The van der Waals surface area contributed by atoms with Gasteiger partial charge >= 0.3 is 5.97 Å². The maximum absolute atomic E-state index is 12.5. The lowest BCUT2D eigenvalue weighted by molar-refractivity contribution is -0.145. The molecule has 0 aliphatic carbocycles. The number of carbonyl (C=O) groups excluding carboxylic acids is 1.